The monoisotopic (exact) mass is 499 g/mol. The van der Waals surface area contributed by atoms with Crippen molar-refractivity contribution in [1.29, 1.82) is 0 Å². The molecule has 3 aromatic carbocycles. The molecule has 8 heteroatoms. The molecule has 0 radical (unpaired) electrons. The lowest BCUT2D eigenvalue weighted by Crippen LogP contribution is -2.31. The van der Waals surface area contributed by atoms with E-state index in [2.05, 4.69) is 10.3 Å². The van der Waals surface area contributed by atoms with Crippen LogP contribution in [0.5, 0.6) is 17.2 Å². The number of fused-ring (bicyclic) bond motifs is 2. The molecule has 2 heterocycles. The van der Waals surface area contributed by atoms with Crippen LogP contribution in [0, 0.1) is 5.82 Å². The smallest absolute Gasteiger partial charge is 0.261 e. The average Bonchev–Trinajstić information content (AvgIpc) is 3.16. The zero-order valence-electron chi connectivity index (χ0n) is 20.5. The van der Waals surface area contributed by atoms with Gasteiger partial charge in [-0.1, -0.05) is 12.1 Å². The topological polar surface area (TPSA) is 80.8 Å². The molecule has 1 aromatic heterocycles. The summed E-state index contributed by atoms with van der Waals surface area (Å²) in [6.07, 6.45) is 3.07. The number of halogens is 1. The minimum absolute atomic E-state index is 0.0222. The number of pyridine rings is 1. The molecule has 1 unspecified atom stereocenters. The Morgan fingerprint density at radius 2 is 1.70 bits per heavy atom. The summed E-state index contributed by atoms with van der Waals surface area (Å²) in [4.78, 5) is 31.1. The molecule has 0 saturated heterocycles. The lowest BCUT2D eigenvalue weighted by molar-refractivity contribution is 0.0651. The van der Waals surface area contributed by atoms with Gasteiger partial charge in [0.25, 0.3) is 11.8 Å². The fourth-order valence-corrected chi connectivity index (χ4v) is 4.52. The number of carbonyl (C=O) groups excluding carboxylic acids is 2. The number of hydrogen-bond donors (Lipinski definition) is 1. The second kappa shape index (κ2) is 10.3. The molecule has 1 N–H and O–H groups in total. The summed E-state index contributed by atoms with van der Waals surface area (Å²) in [5.74, 6) is 0.650. The molecule has 7 nitrogen and oxygen atoms in total. The van der Waals surface area contributed by atoms with E-state index in [4.69, 9.17) is 9.47 Å². The Labute approximate surface area is 213 Å². The number of hydrogen-bond acceptors (Lipinski definition) is 6. The number of ether oxygens (including phenoxy) is 2. The van der Waals surface area contributed by atoms with Crippen molar-refractivity contribution in [2.75, 3.05) is 19.0 Å². The first kappa shape index (κ1) is 24.2. The molecule has 2 amide bonds. The Morgan fingerprint density at radius 1 is 1.00 bits per heavy atom. The maximum absolute atomic E-state index is 13.3. The Bertz CT molecular complexity index is 1440. The van der Waals surface area contributed by atoms with E-state index in [1.807, 2.05) is 25.1 Å². The predicted molar refractivity (Wildman–Crippen MR) is 139 cm³/mol. The fourth-order valence-electron chi connectivity index (χ4n) is 4.52. The highest BCUT2D eigenvalue weighted by molar-refractivity contribution is 6.21. The van der Waals surface area contributed by atoms with Crippen LogP contribution in [0.4, 0.5) is 10.1 Å². The number of carbonyl (C=O) groups is 2. The molecule has 0 aliphatic carbocycles. The molecular weight excluding hydrogens is 473 g/mol. The number of rotatable bonds is 9. The molecule has 5 rings (SSSR count). The van der Waals surface area contributed by atoms with Gasteiger partial charge in [0.1, 0.15) is 11.6 Å². The highest BCUT2D eigenvalue weighted by Crippen LogP contribution is 2.42. The van der Waals surface area contributed by atoms with E-state index < -0.39 is 0 Å². The van der Waals surface area contributed by atoms with Gasteiger partial charge < -0.3 is 14.8 Å². The molecule has 0 saturated carbocycles. The Balaban J connectivity index is 1.30. The van der Waals surface area contributed by atoms with Crippen molar-refractivity contribution in [2.24, 2.45) is 0 Å². The number of aromatic nitrogens is 1. The van der Waals surface area contributed by atoms with Crippen molar-refractivity contribution in [3.05, 3.63) is 89.9 Å². The highest BCUT2D eigenvalue weighted by atomic mass is 19.1. The molecule has 0 spiro atoms. The van der Waals surface area contributed by atoms with Crippen molar-refractivity contribution in [2.45, 2.75) is 25.8 Å². The summed E-state index contributed by atoms with van der Waals surface area (Å²) in [6, 6.07) is 18.2. The molecular formula is C29H26FN3O4. The minimum atomic E-state index is -0.345. The van der Waals surface area contributed by atoms with Crippen LogP contribution in [-0.4, -0.2) is 41.4 Å². The van der Waals surface area contributed by atoms with Gasteiger partial charge in [0.2, 0.25) is 0 Å². The quantitative estimate of drug-likeness (QED) is 0.282. The van der Waals surface area contributed by atoms with Gasteiger partial charge in [-0.25, -0.2) is 4.39 Å². The standard InChI is InChI=1S/C29H26FN3O4/c1-18(7-6-16-33-28(34)21-8-3-4-9-22(21)29(33)35)32-24-17-25(36-2)27(23-10-5-15-31-26(23)24)37-20-13-11-19(30)12-14-20/h3-5,8-15,17-18,32H,6-7,16H2,1-2H3. The molecule has 1 aliphatic rings. The number of nitrogens with one attached hydrogen (secondary N) is 1. The SMILES string of the molecule is COc1cc(NC(C)CCCN2C(=O)c3ccccc3C2=O)c2ncccc2c1Oc1ccc(F)cc1. The lowest BCUT2D eigenvalue weighted by Gasteiger charge is -2.21. The molecule has 1 aliphatic heterocycles. The third-order valence-corrected chi connectivity index (χ3v) is 6.36. The first-order valence-corrected chi connectivity index (χ1v) is 12.1. The van der Waals surface area contributed by atoms with Gasteiger partial charge in [-0.2, -0.15) is 0 Å². The van der Waals surface area contributed by atoms with E-state index in [9.17, 15) is 14.0 Å². The van der Waals surface area contributed by atoms with Gasteiger partial charge in [-0.05, 0) is 68.3 Å². The first-order valence-electron chi connectivity index (χ1n) is 12.1. The van der Waals surface area contributed by atoms with Crippen LogP contribution in [-0.2, 0) is 0 Å². The van der Waals surface area contributed by atoms with Gasteiger partial charge in [0.05, 0.1) is 29.4 Å². The van der Waals surface area contributed by atoms with Crippen LogP contribution in [0.3, 0.4) is 0 Å². The summed E-state index contributed by atoms with van der Waals surface area (Å²) < 4.78 is 25.0. The maximum atomic E-state index is 13.3. The zero-order valence-corrected chi connectivity index (χ0v) is 20.5. The Kier molecular flexibility index (Phi) is 6.72. The number of imide groups is 1. The lowest BCUT2D eigenvalue weighted by atomic mass is 10.1. The number of methoxy groups -OCH3 is 1. The van der Waals surface area contributed by atoms with E-state index in [-0.39, 0.29) is 23.7 Å². The van der Waals surface area contributed by atoms with Crippen LogP contribution in [0.1, 0.15) is 40.5 Å². The number of benzene rings is 3. The van der Waals surface area contributed by atoms with Crippen LogP contribution in [0.2, 0.25) is 0 Å². The van der Waals surface area contributed by atoms with Crippen LogP contribution in [0.25, 0.3) is 10.9 Å². The van der Waals surface area contributed by atoms with Gasteiger partial charge in [0.15, 0.2) is 11.5 Å². The second-order valence-corrected chi connectivity index (χ2v) is 8.91. The van der Waals surface area contributed by atoms with Gasteiger partial charge in [0, 0.05) is 30.2 Å². The van der Waals surface area contributed by atoms with Crippen molar-refractivity contribution in [3.8, 4) is 17.2 Å². The van der Waals surface area contributed by atoms with Crippen LogP contribution < -0.4 is 14.8 Å². The van der Waals surface area contributed by atoms with Gasteiger partial charge in [-0.3, -0.25) is 19.5 Å². The summed E-state index contributed by atoms with van der Waals surface area (Å²) in [5, 5.41) is 4.23. The first-order chi connectivity index (χ1) is 18.0. The summed E-state index contributed by atoms with van der Waals surface area (Å²) in [6.45, 7) is 2.39. The van der Waals surface area contributed by atoms with Gasteiger partial charge >= 0.3 is 0 Å². The second-order valence-electron chi connectivity index (χ2n) is 8.91. The summed E-state index contributed by atoms with van der Waals surface area (Å²) in [7, 11) is 1.56. The predicted octanol–water partition coefficient (Wildman–Crippen LogP) is 6.05. The Morgan fingerprint density at radius 3 is 2.38 bits per heavy atom. The van der Waals surface area contributed by atoms with Gasteiger partial charge in [-0.15, -0.1) is 0 Å². The van der Waals surface area contributed by atoms with Crippen molar-refractivity contribution in [1.82, 2.24) is 9.88 Å². The third-order valence-electron chi connectivity index (χ3n) is 6.36. The fraction of sp³-hybridized carbons (Fsp3) is 0.207. The van der Waals surface area contributed by atoms with Crippen LogP contribution in [0.15, 0.2) is 72.9 Å². The zero-order chi connectivity index (χ0) is 25.9. The van der Waals surface area contributed by atoms with Crippen molar-refractivity contribution >= 4 is 28.4 Å². The van der Waals surface area contributed by atoms with E-state index in [1.165, 1.54) is 17.0 Å². The van der Waals surface area contributed by atoms with Crippen LogP contribution >= 0.6 is 0 Å². The number of anilines is 1. The van der Waals surface area contributed by atoms with E-state index >= 15 is 0 Å². The summed E-state index contributed by atoms with van der Waals surface area (Å²) >= 11 is 0. The summed E-state index contributed by atoms with van der Waals surface area (Å²) in [5.41, 5.74) is 2.40. The molecule has 188 valence electrons. The minimum Gasteiger partial charge on any atom is -0.493 e. The number of amides is 2. The third kappa shape index (κ3) is 4.82. The molecule has 1 atom stereocenters. The van der Waals surface area contributed by atoms with E-state index in [0.29, 0.717) is 46.9 Å². The van der Waals surface area contributed by atoms with Crippen molar-refractivity contribution in [3.63, 3.8) is 0 Å². The maximum Gasteiger partial charge on any atom is 0.261 e. The molecule has 4 aromatic rings. The largest absolute Gasteiger partial charge is 0.493 e. The van der Waals surface area contributed by atoms with E-state index in [1.54, 1.807) is 49.7 Å². The highest BCUT2D eigenvalue weighted by Gasteiger charge is 2.34. The molecule has 0 fully saturated rings. The Hall–Kier alpha value is -4.46. The van der Waals surface area contributed by atoms with Crippen molar-refractivity contribution < 1.29 is 23.5 Å². The molecule has 0 bridgehead atoms. The molecule has 37 heavy (non-hydrogen) atoms. The van der Waals surface area contributed by atoms with E-state index in [0.717, 1.165) is 17.5 Å². The number of nitrogens with zero attached hydrogens (tertiary/aromatic N) is 2. The average molecular weight is 500 g/mol. The normalized spacial score (nSPS) is 13.5.